The second kappa shape index (κ2) is 33.6. The van der Waals surface area contributed by atoms with E-state index in [1.165, 1.54) is 125 Å². The van der Waals surface area contributed by atoms with Crippen molar-refractivity contribution in [2.45, 2.75) is 143 Å². The molecular weight excluding hydrogens is 1600 g/mol. The van der Waals surface area contributed by atoms with Crippen LogP contribution in [0.25, 0.3) is 22.3 Å². The van der Waals surface area contributed by atoms with Crippen molar-refractivity contribution in [1.82, 2.24) is 0 Å². The Labute approximate surface area is 775 Å². The van der Waals surface area contributed by atoms with E-state index in [9.17, 15) is 0 Å². The molecule has 2 heterocycles. The van der Waals surface area contributed by atoms with Crippen molar-refractivity contribution in [1.29, 1.82) is 0 Å². The fraction of sp³-hybridized carbons (Fsp3) is 0.177. The molecule has 0 fully saturated rings. The SMILES string of the molecule is CC(C)(C)c1cc(-c2ccc(N3c4ccc(-c5cc(C(C)(C)C)cc(C(C)(C)C)c5)cc4B4c5cc([Si](c6ccccc6)(c6ccccc6)c6ccccc6)ccc5N(c5ccc([Si](c6ccccc6)(c6ccccc6)c6ccccc6)cc5)c5cc(N(c6ccc(C(C)(C)c7ccccc7)cc6)c6ccc(C(C)(C)c7ccccc7)cc6)cc3c54)cc2)cc(C(C)(C)C)c1. The Hall–Kier alpha value is -13.4. The highest BCUT2D eigenvalue weighted by Gasteiger charge is 2.49. The minimum atomic E-state index is -3.25. The number of hydrogen-bond donors (Lipinski definition) is 0. The smallest absolute Gasteiger partial charge is 0.252 e. The van der Waals surface area contributed by atoms with E-state index in [0.29, 0.717) is 0 Å². The summed E-state index contributed by atoms with van der Waals surface area (Å²) in [4.78, 5) is 7.88. The van der Waals surface area contributed by atoms with Crippen molar-refractivity contribution in [3.05, 3.63) is 469 Å². The predicted octanol–water partition coefficient (Wildman–Crippen LogP) is 25.2. The Morgan fingerprint density at radius 3 is 0.808 bits per heavy atom. The molecule has 6 heteroatoms. The summed E-state index contributed by atoms with van der Waals surface area (Å²) < 4.78 is 0. The molecule has 0 aromatic heterocycles. The van der Waals surface area contributed by atoms with Crippen LogP contribution in [0, 0.1) is 0 Å². The highest BCUT2D eigenvalue weighted by atomic mass is 28.3. The van der Waals surface area contributed by atoms with Crippen LogP contribution in [-0.2, 0) is 32.5 Å². The molecule has 130 heavy (non-hydrogen) atoms. The molecule has 2 aliphatic heterocycles. The van der Waals surface area contributed by atoms with Gasteiger partial charge in [-0.15, -0.1) is 0 Å². The van der Waals surface area contributed by atoms with Gasteiger partial charge in [-0.1, -0.05) is 463 Å². The standard InChI is InChI=1S/C124H118BN3Si2/c1-119(2,3)95-77-89(78-96(82-95)120(4,5)6)87-57-64-101(65-58-87)127-114-75-59-88(90-79-97(121(7,8)9)83-98(80-90)122(10,11)12)81-112(114)125-113-86-111(130(107-51-35-22-36-52-107,108-53-37-23-38-54-108)109-55-39-24-40-56-109)74-76-115(113)128(102-70-72-110(73-71-102)129(104-45-29-19-30-46-104,105-47-31-20-32-48-105)106-49-33-21-34-50-106)117-85-103(84-116(127)118(117)125)126(99-66-60-93(61-67-99)123(13,14)91-41-25-17-26-42-91)100-68-62-94(63-69-100)124(15,16)92-43-27-18-28-44-92/h17-86H,1-16H3. The van der Waals surface area contributed by atoms with Crippen molar-refractivity contribution in [3.8, 4) is 22.3 Å². The van der Waals surface area contributed by atoms with Gasteiger partial charge in [0.2, 0.25) is 0 Å². The van der Waals surface area contributed by atoms with E-state index >= 15 is 0 Å². The van der Waals surface area contributed by atoms with Gasteiger partial charge >= 0.3 is 0 Å². The summed E-state index contributed by atoms with van der Waals surface area (Å²) in [5.41, 5.74) is 27.5. The van der Waals surface area contributed by atoms with E-state index in [4.69, 9.17) is 0 Å². The summed E-state index contributed by atoms with van der Waals surface area (Å²) in [5.74, 6) is 0. The highest BCUT2D eigenvalue weighted by Crippen LogP contribution is 2.51. The van der Waals surface area contributed by atoms with Crippen molar-refractivity contribution in [2.75, 3.05) is 14.7 Å². The minimum absolute atomic E-state index is 0.0762. The molecule has 17 aromatic carbocycles. The van der Waals surface area contributed by atoms with Crippen LogP contribution >= 0.6 is 0 Å². The van der Waals surface area contributed by atoms with Crippen LogP contribution in [0.4, 0.5) is 51.2 Å². The lowest BCUT2D eigenvalue weighted by atomic mass is 9.33. The zero-order chi connectivity index (χ0) is 90.3. The van der Waals surface area contributed by atoms with Crippen LogP contribution < -0.4 is 72.6 Å². The highest BCUT2D eigenvalue weighted by molar-refractivity contribution is 7.20. The number of benzene rings is 17. The molecule has 0 radical (unpaired) electrons. The van der Waals surface area contributed by atoms with Gasteiger partial charge in [-0.25, -0.2) is 0 Å². The number of fused-ring (bicyclic) bond motifs is 4. The molecule has 0 aliphatic carbocycles. The van der Waals surface area contributed by atoms with E-state index < -0.39 is 16.1 Å². The third-order valence-corrected chi connectivity index (χ3v) is 37.9. The molecule has 19 rings (SSSR count). The summed E-state index contributed by atoms with van der Waals surface area (Å²) in [6.45, 7) is 37.4. The lowest BCUT2D eigenvalue weighted by molar-refractivity contribution is 0.568. The first-order chi connectivity index (χ1) is 62.5. The maximum atomic E-state index is 2.71. The van der Waals surface area contributed by atoms with Crippen LogP contribution in [0.5, 0.6) is 0 Å². The monoisotopic (exact) mass is 1720 g/mol. The van der Waals surface area contributed by atoms with E-state index in [2.05, 4.69) is 550 Å². The van der Waals surface area contributed by atoms with Crippen molar-refractivity contribution >= 4 is 132 Å². The van der Waals surface area contributed by atoms with Gasteiger partial charge in [0.05, 0.1) is 5.69 Å². The van der Waals surface area contributed by atoms with Crippen LogP contribution in [0.3, 0.4) is 0 Å². The summed E-state index contributed by atoms with van der Waals surface area (Å²) in [6.07, 6.45) is 0. The quantitative estimate of drug-likeness (QED) is 0.0590. The molecule has 0 spiro atoms. The zero-order valence-electron chi connectivity index (χ0n) is 78.3. The fourth-order valence-corrected chi connectivity index (χ4v) is 30.3. The molecule has 3 nitrogen and oxygen atoms in total. The van der Waals surface area contributed by atoms with E-state index in [-0.39, 0.29) is 39.2 Å². The van der Waals surface area contributed by atoms with Crippen molar-refractivity contribution in [3.63, 3.8) is 0 Å². The first-order valence-electron chi connectivity index (χ1n) is 46.5. The normalized spacial score (nSPS) is 13.0. The Bertz CT molecular complexity index is 6580. The molecule has 0 N–H and O–H groups in total. The summed E-state index contributed by atoms with van der Waals surface area (Å²) in [6, 6.07) is 164. The Balaban J connectivity index is 0.950. The van der Waals surface area contributed by atoms with Crippen LogP contribution in [0.2, 0.25) is 0 Å². The Morgan fingerprint density at radius 2 is 0.469 bits per heavy atom. The maximum absolute atomic E-state index is 3.25. The minimum Gasteiger partial charge on any atom is -0.311 e. The molecule has 0 unspecified atom stereocenters. The second-order valence-corrected chi connectivity index (χ2v) is 49.0. The van der Waals surface area contributed by atoms with Gasteiger partial charge in [0.1, 0.15) is 0 Å². The lowest BCUT2D eigenvalue weighted by Crippen LogP contribution is -2.75. The molecule has 0 saturated heterocycles. The van der Waals surface area contributed by atoms with E-state index in [1.807, 2.05) is 0 Å². The number of hydrogen-bond acceptors (Lipinski definition) is 3. The van der Waals surface area contributed by atoms with Gasteiger partial charge in [-0.05, 0) is 219 Å². The maximum Gasteiger partial charge on any atom is 0.252 e. The third-order valence-electron chi connectivity index (χ3n) is 28.3. The first kappa shape index (κ1) is 86.0. The lowest BCUT2D eigenvalue weighted by Gasteiger charge is -2.46. The topological polar surface area (TPSA) is 9.72 Å². The first-order valence-corrected chi connectivity index (χ1v) is 50.5. The van der Waals surface area contributed by atoms with Gasteiger partial charge in [0.15, 0.2) is 16.1 Å². The molecule has 640 valence electrons. The molecule has 0 amide bonds. The van der Waals surface area contributed by atoms with Crippen LogP contribution in [0.1, 0.15) is 155 Å². The summed E-state index contributed by atoms with van der Waals surface area (Å²) in [7, 11) is -6.30. The van der Waals surface area contributed by atoms with E-state index in [0.717, 1.165) is 51.2 Å². The van der Waals surface area contributed by atoms with Crippen molar-refractivity contribution in [2.24, 2.45) is 0 Å². The van der Waals surface area contributed by atoms with Gasteiger partial charge in [-0.3, -0.25) is 0 Å². The molecule has 0 saturated carbocycles. The van der Waals surface area contributed by atoms with Gasteiger partial charge in [-0.2, -0.15) is 0 Å². The fourth-order valence-electron chi connectivity index (χ4n) is 20.7. The Morgan fingerprint density at radius 1 is 0.200 bits per heavy atom. The average molecular weight is 1720 g/mol. The van der Waals surface area contributed by atoms with Crippen LogP contribution in [0.15, 0.2) is 425 Å². The summed E-state index contributed by atoms with van der Waals surface area (Å²) >= 11 is 0. The summed E-state index contributed by atoms with van der Waals surface area (Å²) in [5, 5.41) is 10.6. The van der Waals surface area contributed by atoms with E-state index in [1.54, 1.807) is 0 Å². The number of nitrogens with zero attached hydrogens (tertiary/aromatic N) is 3. The van der Waals surface area contributed by atoms with Gasteiger partial charge in [0.25, 0.3) is 6.71 Å². The predicted molar refractivity (Wildman–Crippen MR) is 565 cm³/mol. The molecule has 17 aromatic rings. The van der Waals surface area contributed by atoms with Gasteiger partial charge in [0, 0.05) is 56.3 Å². The van der Waals surface area contributed by atoms with Crippen molar-refractivity contribution < 1.29 is 0 Å². The number of rotatable bonds is 19. The third kappa shape index (κ3) is 15.5. The molecular formula is C124H118BN3Si2. The largest absolute Gasteiger partial charge is 0.311 e. The molecule has 0 bridgehead atoms. The van der Waals surface area contributed by atoms with Gasteiger partial charge < -0.3 is 14.7 Å². The average Bonchev–Trinajstić information content (AvgIpc) is 0.685. The molecule has 0 atom stereocenters. The van der Waals surface area contributed by atoms with Crippen LogP contribution in [-0.4, -0.2) is 22.9 Å². The zero-order valence-corrected chi connectivity index (χ0v) is 80.3. The second-order valence-electron chi connectivity index (χ2n) is 41.3. The number of anilines is 9. The molecule has 2 aliphatic rings. The Kier molecular flexibility index (Phi) is 22.2.